The maximum atomic E-state index is 12.8. The summed E-state index contributed by atoms with van der Waals surface area (Å²) in [6, 6.07) is 15.2. The van der Waals surface area contributed by atoms with Crippen molar-refractivity contribution in [2.75, 3.05) is 13.2 Å². The topological polar surface area (TPSA) is 76.1 Å². The van der Waals surface area contributed by atoms with E-state index in [9.17, 15) is 14.7 Å². The number of ether oxygens (including phenoxy) is 2. The van der Waals surface area contributed by atoms with Gasteiger partial charge in [-0.3, -0.25) is 4.90 Å². The number of hydrogen-bond donors (Lipinski definition) is 1. The molecule has 6 heteroatoms. The lowest BCUT2D eigenvalue weighted by molar-refractivity contribution is -0.149. The molecule has 1 aliphatic heterocycles. The number of carboxylic acids is 1. The summed E-state index contributed by atoms with van der Waals surface area (Å²) >= 11 is 0. The van der Waals surface area contributed by atoms with Gasteiger partial charge in [0.2, 0.25) is 0 Å². The van der Waals surface area contributed by atoms with E-state index in [1.54, 1.807) is 0 Å². The number of carboxylic acid groups (broad SMARTS) is 1. The van der Waals surface area contributed by atoms with Crippen LogP contribution in [0.2, 0.25) is 0 Å². The van der Waals surface area contributed by atoms with Gasteiger partial charge in [0.1, 0.15) is 6.61 Å². The zero-order valence-corrected chi connectivity index (χ0v) is 17.5. The minimum atomic E-state index is -1.07. The van der Waals surface area contributed by atoms with Crippen molar-refractivity contribution in [1.82, 2.24) is 4.90 Å². The molecule has 1 N–H and O–H groups in total. The smallest absolute Gasteiger partial charge is 0.410 e. The number of carbonyl (C=O) groups excluding carboxylic acids is 1. The second-order valence-electron chi connectivity index (χ2n) is 8.84. The molecule has 4 rings (SSSR count). The van der Waals surface area contributed by atoms with Gasteiger partial charge in [0, 0.05) is 12.5 Å². The van der Waals surface area contributed by atoms with E-state index in [0.29, 0.717) is 13.0 Å². The predicted molar refractivity (Wildman–Crippen MR) is 112 cm³/mol. The van der Waals surface area contributed by atoms with E-state index in [2.05, 4.69) is 24.3 Å². The normalized spacial score (nSPS) is 20.7. The highest BCUT2D eigenvalue weighted by Gasteiger charge is 2.45. The van der Waals surface area contributed by atoms with Gasteiger partial charge in [-0.1, -0.05) is 48.5 Å². The molecule has 1 aliphatic carbocycles. The molecule has 30 heavy (non-hydrogen) atoms. The van der Waals surface area contributed by atoms with Crippen LogP contribution >= 0.6 is 0 Å². The fraction of sp³-hybridized carbons (Fsp3) is 0.417. The maximum absolute atomic E-state index is 12.8. The van der Waals surface area contributed by atoms with Crippen molar-refractivity contribution >= 4 is 12.1 Å². The minimum absolute atomic E-state index is 0.0612. The number of amides is 1. The zero-order valence-electron chi connectivity index (χ0n) is 17.5. The second kappa shape index (κ2) is 7.76. The molecule has 2 atom stereocenters. The van der Waals surface area contributed by atoms with Gasteiger partial charge in [0.05, 0.1) is 11.7 Å². The number of benzene rings is 2. The quantitative estimate of drug-likeness (QED) is 0.816. The molecule has 0 saturated carbocycles. The molecular formula is C24H27NO5. The van der Waals surface area contributed by atoms with Crippen molar-refractivity contribution in [3.05, 3.63) is 59.7 Å². The van der Waals surface area contributed by atoms with Crippen molar-refractivity contribution in [1.29, 1.82) is 0 Å². The average Bonchev–Trinajstić information content (AvgIpc) is 3.24. The van der Waals surface area contributed by atoms with Crippen molar-refractivity contribution in [3.63, 3.8) is 0 Å². The van der Waals surface area contributed by atoms with E-state index in [1.165, 1.54) is 4.90 Å². The standard InChI is InChI=1S/C24H27NO5/c1-24(2,3)30-20-12-13-25(21(20)22(26)27)23(28)29-14-19-17-10-6-4-8-15(17)16-9-5-7-11-18(16)19/h4-11,19-21H,12-14H2,1-3H3,(H,26,27). The summed E-state index contributed by atoms with van der Waals surface area (Å²) in [5.41, 5.74) is 4.05. The second-order valence-corrected chi connectivity index (χ2v) is 8.84. The Morgan fingerprint density at radius 3 is 2.13 bits per heavy atom. The lowest BCUT2D eigenvalue weighted by Gasteiger charge is -2.29. The number of carbonyl (C=O) groups is 2. The van der Waals surface area contributed by atoms with Crippen LogP contribution in [-0.2, 0) is 14.3 Å². The Balaban J connectivity index is 1.49. The summed E-state index contributed by atoms with van der Waals surface area (Å²) in [4.78, 5) is 26.0. The zero-order chi connectivity index (χ0) is 21.5. The summed E-state index contributed by atoms with van der Waals surface area (Å²) in [5, 5.41) is 9.71. The van der Waals surface area contributed by atoms with Gasteiger partial charge < -0.3 is 14.6 Å². The third-order valence-electron chi connectivity index (χ3n) is 5.67. The van der Waals surface area contributed by atoms with E-state index in [4.69, 9.17) is 9.47 Å². The van der Waals surface area contributed by atoms with Crippen LogP contribution in [0.3, 0.4) is 0 Å². The molecule has 2 aliphatic rings. The lowest BCUT2D eigenvalue weighted by Crippen LogP contribution is -2.47. The first-order valence-corrected chi connectivity index (χ1v) is 10.3. The molecule has 1 saturated heterocycles. The molecule has 0 spiro atoms. The summed E-state index contributed by atoms with van der Waals surface area (Å²) in [6.45, 7) is 6.10. The van der Waals surface area contributed by atoms with Crippen LogP contribution in [0.25, 0.3) is 11.1 Å². The molecule has 1 fully saturated rings. The first-order chi connectivity index (χ1) is 14.3. The van der Waals surface area contributed by atoms with E-state index in [1.807, 2.05) is 45.0 Å². The van der Waals surface area contributed by atoms with Crippen LogP contribution in [0, 0.1) is 0 Å². The summed E-state index contributed by atoms with van der Waals surface area (Å²) in [7, 11) is 0. The first kappa shape index (κ1) is 20.4. The number of rotatable bonds is 4. The van der Waals surface area contributed by atoms with Crippen LogP contribution in [-0.4, -0.2) is 53.0 Å². The lowest BCUT2D eigenvalue weighted by atomic mass is 9.98. The van der Waals surface area contributed by atoms with E-state index in [0.717, 1.165) is 22.3 Å². The monoisotopic (exact) mass is 409 g/mol. The molecule has 1 amide bonds. The molecule has 0 aromatic heterocycles. The molecule has 2 aromatic carbocycles. The highest BCUT2D eigenvalue weighted by atomic mass is 16.6. The Morgan fingerprint density at radius 1 is 1.03 bits per heavy atom. The predicted octanol–water partition coefficient (Wildman–Crippen LogP) is 4.28. The van der Waals surface area contributed by atoms with Crippen molar-refractivity contribution in [2.24, 2.45) is 0 Å². The van der Waals surface area contributed by atoms with Crippen molar-refractivity contribution in [3.8, 4) is 11.1 Å². The molecule has 0 radical (unpaired) electrons. The van der Waals surface area contributed by atoms with Crippen LogP contribution in [0.4, 0.5) is 4.79 Å². The largest absolute Gasteiger partial charge is 0.480 e. The van der Waals surface area contributed by atoms with Crippen molar-refractivity contribution in [2.45, 2.75) is 50.9 Å². The van der Waals surface area contributed by atoms with Crippen LogP contribution in [0.1, 0.15) is 44.2 Å². The van der Waals surface area contributed by atoms with Gasteiger partial charge in [-0.05, 0) is 49.4 Å². The van der Waals surface area contributed by atoms with Crippen molar-refractivity contribution < 1.29 is 24.2 Å². The Morgan fingerprint density at radius 2 is 1.60 bits per heavy atom. The summed E-state index contributed by atoms with van der Waals surface area (Å²) in [6.07, 6.45) is -0.689. The SMILES string of the molecule is CC(C)(C)OC1CCN(C(=O)OCC2c3ccccc3-c3ccccc32)C1C(=O)O. The number of hydrogen-bond acceptors (Lipinski definition) is 4. The summed E-state index contributed by atoms with van der Waals surface area (Å²) < 4.78 is 11.5. The Bertz CT molecular complexity index is 919. The number of likely N-dealkylation sites (tertiary alicyclic amines) is 1. The van der Waals surface area contributed by atoms with E-state index in [-0.39, 0.29) is 12.5 Å². The molecule has 2 aromatic rings. The number of fused-ring (bicyclic) bond motifs is 3. The van der Waals surface area contributed by atoms with Gasteiger partial charge in [0.15, 0.2) is 6.04 Å². The van der Waals surface area contributed by atoms with E-state index < -0.39 is 29.8 Å². The molecule has 158 valence electrons. The minimum Gasteiger partial charge on any atom is -0.480 e. The highest BCUT2D eigenvalue weighted by Crippen LogP contribution is 2.44. The maximum Gasteiger partial charge on any atom is 0.410 e. The third-order valence-corrected chi connectivity index (χ3v) is 5.67. The molecule has 6 nitrogen and oxygen atoms in total. The first-order valence-electron chi connectivity index (χ1n) is 10.3. The van der Waals surface area contributed by atoms with Gasteiger partial charge in [-0.15, -0.1) is 0 Å². The fourth-order valence-corrected chi connectivity index (χ4v) is 4.52. The van der Waals surface area contributed by atoms with Crippen LogP contribution < -0.4 is 0 Å². The number of aliphatic carboxylic acids is 1. The molecule has 0 bridgehead atoms. The van der Waals surface area contributed by atoms with Gasteiger partial charge >= 0.3 is 12.1 Å². The molecular weight excluding hydrogens is 382 g/mol. The van der Waals surface area contributed by atoms with Crippen LogP contribution in [0.15, 0.2) is 48.5 Å². The Labute approximate surface area is 176 Å². The fourth-order valence-electron chi connectivity index (χ4n) is 4.52. The Hall–Kier alpha value is -2.86. The van der Waals surface area contributed by atoms with E-state index >= 15 is 0 Å². The van der Waals surface area contributed by atoms with Gasteiger partial charge in [0.25, 0.3) is 0 Å². The van der Waals surface area contributed by atoms with Crippen LogP contribution in [0.5, 0.6) is 0 Å². The van der Waals surface area contributed by atoms with Gasteiger partial charge in [-0.2, -0.15) is 0 Å². The third kappa shape index (κ3) is 3.79. The number of nitrogens with zero attached hydrogens (tertiary/aromatic N) is 1. The molecule has 1 heterocycles. The van der Waals surface area contributed by atoms with Gasteiger partial charge in [-0.25, -0.2) is 9.59 Å². The summed E-state index contributed by atoms with van der Waals surface area (Å²) in [5.74, 6) is -1.14. The average molecular weight is 409 g/mol. The Kier molecular flexibility index (Phi) is 5.28. The molecule has 2 unspecified atom stereocenters. The highest BCUT2D eigenvalue weighted by molar-refractivity contribution is 5.82.